The van der Waals surface area contributed by atoms with E-state index in [-0.39, 0.29) is 0 Å². The summed E-state index contributed by atoms with van der Waals surface area (Å²) < 4.78 is 0. The van der Waals surface area contributed by atoms with Gasteiger partial charge in [-0.3, -0.25) is 4.98 Å². The third-order valence-electron chi connectivity index (χ3n) is 3.50. The standard InChI is InChI=1S/C14H21N.C3H8/c1-5-11-12-7-6-8-13(12)15-10(4)14(11)9(2)3;1-3-2/h9H,5-8H2,1-4H3;3H2,1-2H3. The van der Waals surface area contributed by atoms with E-state index in [0.29, 0.717) is 5.92 Å². The van der Waals surface area contributed by atoms with Gasteiger partial charge in [0.05, 0.1) is 0 Å². The minimum absolute atomic E-state index is 0.610. The summed E-state index contributed by atoms with van der Waals surface area (Å²) >= 11 is 0. The molecule has 0 spiro atoms. The van der Waals surface area contributed by atoms with Crippen LogP contribution in [0, 0.1) is 6.92 Å². The molecule has 0 radical (unpaired) electrons. The van der Waals surface area contributed by atoms with Gasteiger partial charge in [-0.05, 0) is 55.2 Å². The summed E-state index contributed by atoms with van der Waals surface area (Å²) in [6.45, 7) is 13.3. The fourth-order valence-electron chi connectivity index (χ4n) is 2.99. The van der Waals surface area contributed by atoms with Crippen LogP contribution < -0.4 is 0 Å². The first-order valence-corrected chi connectivity index (χ1v) is 7.57. The molecule has 18 heavy (non-hydrogen) atoms. The van der Waals surface area contributed by atoms with Crippen LogP contribution in [0.3, 0.4) is 0 Å². The molecular formula is C17H29N. The van der Waals surface area contributed by atoms with Crippen molar-refractivity contribution < 1.29 is 0 Å². The molecule has 0 aliphatic heterocycles. The molecule has 0 atom stereocenters. The number of nitrogens with zero attached hydrogens (tertiary/aromatic N) is 1. The summed E-state index contributed by atoms with van der Waals surface area (Å²) in [7, 11) is 0. The molecular weight excluding hydrogens is 218 g/mol. The lowest BCUT2D eigenvalue weighted by molar-refractivity contribution is 0.808. The smallest absolute Gasteiger partial charge is 0.0441 e. The number of pyridine rings is 1. The maximum atomic E-state index is 4.78. The summed E-state index contributed by atoms with van der Waals surface area (Å²) in [5, 5.41) is 0. The first-order valence-electron chi connectivity index (χ1n) is 7.57. The van der Waals surface area contributed by atoms with Crippen LogP contribution in [0.25, 0.3) is 0 Å². The monoisotopic (exact) mass is 247 g/mol. The van der Waals surface area contributed by atoms with Crippen LogP contribution >= 0.6 is 0 Å². The van der Waals surface area contributed by atoms with Crippen molar-refractivity contribution >= 4 is 0 Å². The molecule has 0 amide bonds. The van der Waals surface area contributed by atoms with E-state index in [1.54, 1.807) is 11.1 Å². The zero-order valence-electron chi connectivity index (χ0n) is 13.1. The van der Waals surface area contributed by atoms with Crippen LogP contribution in [0.15, 0.2) is 0 Å². The normalized spacial score (nSPS) is 13.3. The number of aromatic nitrogens is 1. The molecule has 1 aromatic rings. The highest BCUT2D eigenvalue weighted by Gasteiger charge is 2.21. The van der Waals surface area contributed by atoms with Gasteiger partial charge in [-0.2, -0.15) is 0 Å². The van der Waals surface area contributed by atoms with Gasteiger partial charge < -0.3 is 0 Å². The van der Waals surface area contributed by atoms with Crippen LogP contribution in [0.5, 0.6) is 0 Å². The van der Waals surface area contributed by atoms with E-state index in [0.717, 1.165) is 0 Å². The molecule has 102 valence electrons. The lowest BCUT2D eigenvalue weighted by Crippen LogP contribution is -2.07. The van der Waals surface area contributed by atoms with Gasteiger partial charge in [0.1, 0.15) is 0 Å². The van der Waals surface area contributed by atoms with Crippen molar-refractivity contribution in [3.63, 3.8) is 0 Å². The van der Waals surface area contributed by atoms with E-state index in [1.165, 1.54) is 49.1 Å². The van der Waals surface area contributed by atoms with Gasteiger partial charge in [0.2, 0.25) is 0 Å². The van der Waals surface area contributed by atoms with Crippen LogP contribution in [-0.2, 0) is 19.3 Å². The van der Waals surface area contributed by atoms with E-state index >= 15 is 0 Å². The Morgan fingerprint density at radius 2 is 1.72 bits per heavy atom. The first kappa shape index (κ1) is 15.2. The fraction of sp³-hybridized carbons (Fsp3) is 0.706. The molecule has 0 saturated heterocycles. The molecule has 1 heteroatoms. The minimum atomic E-state index is 0.610. The van der Waals surface area contributed by atoms with E-state index in [1.807, 2.05) is 0 Å². The lowest BCUT2D eigenvalue weighted by Gasteiger charge is -2.18. The molecule has 0 fully saturated rings. The Morgan fingerprint density at radius 1 is 1.11 bits per heavy atom. The van der Waals surface area contributed by atoms with Crippen LogP contribution in [0.1, 0.15) is 81.5 Å². The van der Waals surface area contributed by atoms with Crippen molar-refractivity contribution in [1.29, 1.82) is 0 Å². The Kier molecular flexibility index (Phi) is 5.84. The van der Waals surface area contributed by atoms with Crippen molar-refractivity contribution in [2.45, 2.75) is 79.6 Å². The van der Waals surface area contributed by atoms with Crippen molar-refractivity contribution in [3.05, 3.63) is 28.1 Å². The topological polar surface area (TPSA) is 12.9 Å². The average molecular weight is 247 g/mol. The predicted octanol–water partition coefficient (Wildman–Crippen LogP) is 4.98. The Hall–Kier alpha value is -0.850. The van der Waals surface area contributed by atoms with Crippen LogP contribution in [0.4, 0.5) is 0 Å². The van der Waals surface area contributed by atoms with Gasteiger partial charge in [-0.15, -0.1) is 0 Å². The quantitative estimate of drug-likeness (QED) is 0.718. The Bertz CT molecular complexity index is 391. The molecule has 0 bridgehead atoms. The Morgan fingerprint density at radius 3 is 2.22 bits per heavy atom. The van der Waals surface area contributed by atoms with Gasteiger partial charge in [-0.25, -0.2) is 0 Å². The molecule has 1 aromatic heterocycles. The minimum Gasteiger partial charge on any atom is -0.258 e. The van der Waals surface area contributed by atoms with Crippen molar-refractivity contribution in [2.24, 2.45) is 0 Å². The van der Waals surface area contributed by atoms with Gasteiger partial charge in [0.25, 0.3) is 0 Å². The number of aryl methyl sites for hydroxylation is 2. The predicted molar refractivity (Wildman–Crippen MR) is 80.4 cm³/mol. The second kappa shape index (κ2) is 6.92. The Balaban J connectivity index is 0.000000492. The molecule has 0 saturated carbocycles. The molecule has 1 aliphatic rings. The van der Waals surface area contributed by atoms with Gasteiger partial charge in [0.15, 0.2) is 0 Å². The highest BCUT2D eigenvalue weighted by molar-refractivity contribution is 5.44. The summed E-state index contributed by atoms with van der Waals surface area (Å²) in [6.07, 6.45) is 6.17. The molecule has 0 N–H and O–H groups in total. The molecule has 2 rings (SSSR count). The maximum Gasteiger partial charge on any atom is 0.0441 e. The summed E-state index contributed by atoms with van der Waals surface area (Å²) in [6, 6.07) is 0. The average Bonchev–Trinajstić information content (AvgIpc) is 2.75. The first-order chi connectivity index (χ1) is 8.56. The van der Waals surface area contributed by atoms with Crippen molar-refractivity contribution in [3.8, 4) is 0 Å². The highest BCUT2D eigenvalue weighted by Crippen LogP contribution is 2.32. The third kappa shape index (κ3) is 3.13. The number of hydrogen-bond acceptors (Lipinski definition) is 1. The maximum absolute atomic E-state index is 4.78. The fourth-order valence-corrected chi connectivity index (χ4v) is 2.99. The lowest BCUT2D eigenvalue weighted by atomic mass is 9.90. The zero-order chi connectivity index (χ0) is 13.7. The second-order valence-electron chi connectivity index (χ2n) is 5.58. The number of fused-ring (bicyclic) bond motifs is 1. The third-order valence-corrected chi connectivity index (χ3v) is 3.50. The zero-order valence-corrected chi connectivity index (χ0v) is 13.1. The van der Waals surface area contributed by atoms with Gasteiger partial charge >= 0.3 is 0 Å². The van der Waals surface area contributed by atoms with E-state index in [2.05, 4.69) is 41.5 Å². The number of rotatable bonds is 2. The highest BCUT2D eigenvalue weighted by atomic mass is 14.7. The largest absolute Gasteiger partial charge is 0.258 e. The van der Waals surface area contributed by atoms with Crippen LogP contribution in [-0.4, -0.2) is 4.98 Å². The van der Waals surface area contributed by atoms with Crippen LogP contribution in [0.2, 0.25) is 0 Å². The Labute approximate surface area is 113 Å². The summed E-state index contributed by atoms with van der Waals surface area (Å²) in [4.78, 5) is 4.78. The summed E-state index contributed by atoms with van der Waals surface area (Å²) in [5.41, 5.74) is 7.34. The van der Waals surface area contributed by atoms with Gasteiger partial charge in [-0.1, -0.05) is 41.0 Å². The SMILES string of the molecule is CCC.CCc1c2c(nc(C)c1C(C)C)CCC2. The van der Waals surface area contributed by atoms with E-state index in [4.69, 9.17) is 4.98 Å². The summed E-state index contributed by atoms with van der Waals surface area (Å²) in [5.74, 6) is 0.610. The molecule has 1 nitrogen and oxygen atoms in total. The van der Waals surface area contributed by atoms with Crippen molar-refractivity contribution in [1.82, 2.24) is 4.98 Å². The molecule has 0 aromatic carbocycles. The molecule has 0 unspecified atom stereocenters. The van der Waals surface area contributed by atoms with E-state index in [9.17, 15) is 0 Å². The number of hydrogen-bond donors (Lipinski definition) is 0. The second-order valence-corrected chi connectivity index (χ2v) is 5.58. The molecule has 1 heterocycles. The van der Waals surface area contributed by atoms with Gasteiger partial charge in [0, 0.05) is 11.4 Å². The van der Waals surface area contributed by atoms with Crippen molar-refractivity contribution in [2.75, 3.05) is 0 Å². The molecule has 1 aliphatic carbocycles. The van der Waals surface area contributed by atoms with E-state index < -0.39 is 0 Å².